The van der Waals surface area contributed by atoms with E-state index in [9.17, 15) is 9.59 Å². The number of benzene rings is 1. The summed E-state index contributed by atoms with van der Waals surface area (Å²) >= 11 is 0. The van der Waals surface area contributed by atoms with Crippen LogP contribution in [-0.4, -0.2) is 49.3 Å². The minimum Gasteiger partial charge on any atom is -0.325 e. The van der Waals surface area contributed by atoms with Crippen LogP contribution in [0.3, 0.4) is 0 Å². The molecule has 2 aliphatic rings. The number of nitrogens with zero attached hydrogens (tertiary/aromatic N) is 1. The molecule has 2 fully saturated rings. The molecule has 0 aromatic heterocycles. The van der Waals surface area contributed by atoms with Crippen molar-refractivity contribution < 1.29 is 9.59 Å². The molecule has 5 heteroatoms. The molecule has 2 aliphatic heterocycles. The largest absolute Gasteiger partial charge is 0.325 e. The predicted octanol–water partition coefficient (Wildman–Crippen LogP) is 0.979. The minimum absolute atomic E-state index is 0.00553. The van der Waals surface area contributed by atoms with E-state index < -0.39 is 0 Å². The highest BCUT2D eigenvalue weighted by Gasteiger charge is 2.36. The summed E-state index contributed by atoms with van der Waals surface area (Å²) < 4.78 is 0. The first-order chi connectivity index (χ1) is 10.1. The lowest BCUT2D eigenvalue weighted by molar-refractivity contribution is -0.117. The Morgan fingerprint density at radius 1 is 1.29 bits per heavy atom. The molecule has 0 spiro atoms. The molecule has 21 heavy (non-hydrogen) atoms. The average molecular weight is 287 g/mol. The third kappa shape index (κ3) is 3.31. The van der Waals surface area contributed by atoms with Crippen molar-refractivity contribution in [2.24, 2.45) is 11.8 Å². The van der Waals surface area contributed by atoms with Crippen LogP contribution >= 0.6 is 0 Å². The molecule has 1 aromatic rings. The van der Waals surface area contributed by atoms with E-state index in [-0.39, 0.29) is 11.7 Å². The van der Waals surface area contributed by atoms with Crippen molar-refractivity contribution in [3.8, 4) is 0 Å². The molecule has 0 aliphatic carbocycles. The number of amides is 1. The smallest absolute Gasteiger partial charge is 0.238 e. The maximum Gasteiger partial charge on any atom is 0.238 e. The Kier molecular flexibility index (Phi) is 4.03. The summed E-state index contributed by atoms with van der Waals surface area (Å²) in [6, 6.07) is 7.08. The molecule has 5 nitrogen and oxygen atoms in total. The molecule has 2 N–H and O–H groups in total. The lowest BCUT2D eigenvalue weighted by Crippen LogP contribution is -2.33. The Hall–Kier alpha value is -1.72. The molecule has 0 radical (unpaired) electrons. The highest BCUT2D eigenvalue weighted by molar-refractivity contribution is 5.97. The van der Waals surface area contributed by atoms with Crippen LogP contribution in [0.25, 0.3) is 0 Å². The summed E-state index contributed by atoms with van der Waals surface area (Å²) in [4.78, 5) is 25.7. The van der Waals surface area contributed by atoms with Crippen LogP contribution < -0.4 is 10.6 Å². The van der Waals surface area contributed by atoms with E-state index >= 15 is 0 Å². The summed E-state index contributed by atoms with van der Waals surface area (Å²) in [6.07, 6.45) is 0. The standard InChI is InChI=1S/C16H21N3O2/c1-11(20)12-3-2-4-15(5-12)18-16(21)10-19-8-13-6-17-7-14(13)9-19/h2-5,13-14,17H,6-10H2,1H3,(H,18,21). The van der Waals surface area contributed by atoms with Crippen LogP contribution in [0.1, 0.15) is 17.3 Å². The molecule has 3 rings (SSSR count). The number of fused-ring (bicyclic) bond motifs is 1. The number of carbonyl (C=O) groups excluding carboxylic acids is 2. The highest BCUT2D eigenvalue weighted by Crippen LogP contribution is 2.25. The van der Waals surface area contributed by atoms with Crippen molar-refractivity contribution in [3.05, 3.63) is 29.8 Å². The zero-order chi connectivity index (χ0) is 14.8. The Labute approximate surface area is 124 Å². The number of ketones is 1. The van der Waals surface area contributed by atoms with Gasteiger partial charge in [0.2, 0.25) is 5.91 Å². The van der Waals surface area contributed by atoms with Gasteiger partial charge < -0.3 is 10.6 Å². The Balaban J connectivity index is 1.55. The summed E-state index contributed by atoms with van der Waals surface area (Å²) in [5.74, 6) is 1.38. The highest BCUT2D eigenvalue weighted by atomic mass is 16.2. The fourth-order valence-corrected chi connectivity index (χ4v) is 3.30. The summed E-state index contributed by atoms with van der Waals surface area (Å²) in [7, 11) is 0. The molecule has 2 saturated heterocycles. The number of carbonyl (C=O) groups is 2. The first-order valence-corrected chi connectivity index (χ1v) is 7.46. The van der Waals surface area contributed by atoms with E-state index in [0.717, 1.165) is 26.2 Å². The van der Waals surface area contributed by atoms with Crippen molar-refractivity contribution >= 4 is 17.4 Å². The van der Waals surface area contributed by atoms with E-state index in [0.29, 0.717) is 29.6 Å². The topological polar surface area (TPSA) is 61.4 Å². The van der Waals surface area contributed by atoms with Gasteiger partial charge in [-0.3, -0.25) is 14.5 Å². The maximum atomic E-state index is 12.1. The van der Waals surface area contributed by atoms with Crippen LogP contribution in [0, 0.1) is 11.8 Å². The van der Waals surface area contributed by atoms with Gasteiger partial charge >= 0.3 is 0 Å². The van der Waals surface area contributed by atoms with Gasteiger partial charge in [0.25, 0.3) is 0 Å². The fourth-order valence-electron chi connectivity index (χ4n) is 3.30. The second-order valence-corrected chi connectivity index (χ2v) is 6.06. The maximum absolute atomic E-state index is 12.1. The molecule has 2 heterocycles. The van der Waals surface area contributed by atoms with Crippen molar-refractivity contribution in [1.82, 2.24) is 10.2 Å². The van der Waals surface area contributed by atoms with Crippen molar-refractivity contribution in [2.75, 3.05) is 38.0 Å². The quantitative estimate of drug-likeness (QED) is 0.810. The van der Waals surface area contributed by atoms with E-state index in [1.165, 1.54) is 6.92 Å². The van der Waals surface area contributed by atoms with Gasteiger partial charge in [0, 0.05) is 24.3 Å². The molecule has 1 aromatic carbocycles. The SMILES string of the molecule is CC(=O)c1cccc(NC(=O)CN2CC3CNCC3C2)c1. The van der Waals surface area contributed by atoms with Gasteiger partial charge in [-0.05, 0) is 44.0 Å². The summed E-state index contributed by atoms with van der Waals surface area (Å²) in [6.45, 7) is 6.10. The third-order valence-electron chi connectivity index (χ3n) is 4.39. The second-order valence-electron chi connectivity index (χ2n) is 6.06. The van der Waals surface area contributed by atoms with Gasteiger partial charge in [0.1, 0.15) is 0 Å². The number of nitrogens with one attached hydrogen (secondary N) is 2. The molecule has 2 unspecified atom stereocenters. The van der Waals surface area contributed by atoms with Gasteiger partial charge in [-0.25, -0.2) is 0 Å². The molecule has 0 saturated carbocycles. The van der Waals surface area contributed by atoms with Gasteiger partial charge in [-0.15, -0.1) is 0 Å². The van der Waals surface area contributed by atoms with E-state index in [4.69, 9.17) is 0 Å². The number of hydrogen-bond acceptors (Lipinski definition) is 4. The van der Waals surface area contributed by atoms with E-state index in [1.54, 1.807) is 18.2 Å². The van der Waals surface area contributed by atoms with Crippen molar-refractivity contribution in [1.29, 1.82) is 0 Å². The van der Waals surface area contributed by atoms with Crippen molar-refractivity contribution in [3.63, 3.8) is 0 Å². The first kappa shape index (κ1) is 14.2. The van der Waals surface area contributed by atoms with Gasteiger partial charge in [-0.1, -0.05) is 12.1 Å². The second kappa shape index (κ2) is 5.95. The van der Waals surface area contributed by atoms with Gasteiger partial charge in [0.15, 0.2) is 5.78 Å². The lowest BCUT2D eigenvalue weighted by Gasteiger charge is -2.16. The van der Waals surface area contributed by atoms with E-state index in [1.807, 2.05) is 6.07 Å². The number of rotatable bonds is 4. The van der Waals surface area contributed by atoms with Crippen LogP contribution in [0.15, 0.2) is 24.3 Å². The Morgan fingerprint density at radius 3 is 2.67 bits per heavy atom. The number of Topliss-reactive ketones (excluding diaryl/α,β-unsaturated/α-hetero) is 1. The first-order valence-electron chi connectivity index (χ1n) is 7.46. The summed E-state index contributed by atoms with van der Waals surface area (Å²) in [5, 5.41) is 6.28. The zero-order valence-electron chi connectivity index (χ0n) is 12.3. The third-order valence-corrected chi connectivity index (χ3v) is 4.39. The fraction of sp³-hybridized carbons (Fsp3) is 0.500. The average Bonchev–Trinajstić information content (AvgIpc) is 2.99. The Morgan fingerprint density at radius 2 is 2.00 bits per heavy atom. The van der Waals surface area contributed by atoms with E-state index in [2.05, 4.69) is 15.5 Å². The van der Waals surface area contributed by atoms with Crippen LogP contribution in [0.4, 0.5) is 5.69 Å². The molecule has 1 amide bonds. The van der Waals surface area contributed by atoms with Gasteiger partial charge in [-0.2, -0.15) is 0 Å². The van der Waals surface area contributed by atoms with Crippen LogP contribution in [-0.2, 0) is 4.79 Å². The number of likely N-dealkylation sites (tertiary alicyclic amines) is 1. The molecule has 0 bridgehead atoms. The normalized spacial score (nSPS) is 24.8. The predicted molar refractivity (Wildman–Crippen MR) is 81.4 cm³/mol. The molecular weight excluding hydrogens is 266 g/mol. The Bertz CT molecular complexity index is 546. The molecule has 2 atom stereocenters. The zero-order valence-corrected chi connectivity index (χ0v) is 12.3. The monoisotopic (exact) mass is 287 g/mol. The van der Waals surface area contributed by atoms with Crippen LogP contribution in [0.5, 0.6) is 0 Å². The minimum atomic E-state index is -0.0105. The number of anilines is 1. The molecular formula is C16H21N3O2. The van der Waals surface area contributed by atoms with Crippen LogP contribution in [0.2, 0.25) is 0 Å². The number of hydrogen-bond donors (Lipinski definition) is 2. The lowest BCUT2D eigenvalue weighted by atomic mass is 10.0. The van der Waals surface area contributed by atoms with Gasteiger partial charge in [0.05, 0.1) is 6.54 Å². The van der Waals surface area contributed by atoms with Crippen molar-refractivity contribution in [2.45, 2.75) is 6.92 Å². The summed E-state index contributed by atoms with van der Waals surface area (Å²) in [5.41, 5.74) is 1.31. The molecule has 112 valence electrons.